The Kier molecular flexibility index (Phi) is 10.4. The number of aromatic hydroxyl groups is 1. The fraction of sp³-hybridized carbons (Fsp3) is 0.679. The van der Waals surface area contributed by atoms with Crippen LogP contribution in [0, 0.1) is 5.92 Å². The summed E-state index contributed by atoms with van der Waals surface area (Å²) in [6.07, 6.45) is 0.483. The van der Waals surface area contributed by atoms with Gasteiger partial charge in [-0.3, -0.25) is 9.59 Å². The smallest absolute Gasteiger partial charge is 0.408 e. The summed E-state index contributed by atoms with van der Waals surface area (Å²) in [5.74, 6) is -0.994. The SMILES string of the molecule is CCC(C)C(NC(=O)OC(C)(C)C)C(=O)N(C(C(=O)NC(C)(C)C)c1cccc(O)c1)C(C)(C)CC. The summed E-state index contributed by atoms with van der Waals surface area (Å²) < 4.78 is 5.45. The number of phenols is 1. The maximum atomic E-state index is 14.3. The number of benzene rings is 1. The van der Waals surface area contributed by atoms with Crippen molar-refractivity contribution in [2.24, 2.45) is 5.92 Å². The molecule has 0 aliphatic heterocycles. The first-order valence-electron chi connectivity index (χ1n) is 12.8. The Bertz CT molecular complexity index is 914. The summed E-state index contributed by atoms with van der Waals surface area (Å²) in [4.78, 5) is 42.4. The number of ether oxygens (including phenoxy) is 1. The zero-order chi connectivity index (χ0) is 28.1. The molecule has 1 aromatic carbocycles. The van der Waals surface area contributed by atoms with E-state index in [0.29, 0.717) is 18.4 Å². The molecule has 1 aromatic rings. The highest BCUT2D eigenvalue weighted by atomic mass is 16.6. The van der Waals surface area contributed by atoms with Crippen LogP contribution in [0.1, 0.15) is 101 Å². The number of carbonyl (C=O) groups is 3. The lowest BCUT2D eigenvalue weighted by molar-refractivity contribution is -0.151. The Morgan fingerprint density at radius 2 is 1.61 bits per heavy atom. The van der Waals surface area contributed by atoms with Gasteiger partial charge in [0.2, 0.25) is 11.8 Å². The average molecular weight is 506 g/mol. The Labute approximate surface area is 217 Å². The molecule has 0 aromatic heterocycles. The first kappa shape index (κ1) is 31.3. The highest BCUT2D eigenvalue weighted by Crippen LogP contribution is 2.34. The second-order valence-electron chi connectivity index (χ2n) is 12.1. The minimum Gasteiger partial charge on any atom is -0.508 e. The van der Waals surface area contributed by atoms with Gasteiger partial charge in [-0.05, 0) is 85.4 Å². The van der Waals surface area contributed by atoms with E-state index in [4.69, 9.17) is 4.74 Å². The Balaban J connectivity index is 3.71. The molecule has 3 atom stereocenters. The summed E-state index contributed by atoms with van der Waals surface area (Å²) >= 11 is 0. The van der Waals surface area contributed by atoms with Crippen molar-refractivity contribution in [3.8, 4) is 5.75 Å². The van der Waals surface area contributed by atoms with Crippen molar-refractivity contribution in [1.29, 1.82) is 0 Å². The van der Waals surface area contributed by atoms with E-state index in [2.05, 4.69) is 10.6 Å². The number of phenolic OH excluding ortho intramolecular Hbond substituents is 1. The van der Waals surface area contributed by atoms with Crippen LogP contribution in [-0.4, -0.2) is 50.6 Å². The van der Waals surface area contributed by atoms with Gasteiger partial charge in [0.15, 0.2) is 0 Å². The molecule has 1 rings (SSSR count). The number of nitrogens with zero attached hydrogens (tertiary/aromatic N) is 1. The molecule has 3 unspecified atom stereocenters. The number of alkyl carbamates (subject to hydrolysis) is 1. The largest absolute Gasteiger partial charge is 0.508 e. The molecule has 3 N–H and O–H groups in total. The van der Waals surface area contributed by atoms with Crippen LogP contribution in [-0.2, 0) is 14.3 Å². The van der Waals surface area contributed by atoms with Crippen LogP contribution in [0.4, 0.5) is 4.79 Å². The van der Waals surface area contributed by atoms with Crippen LogP contribution in [0.3, 0.4) is 0 Å². The number of rotatable bonds is 9. The number of amides is 3. The number of carbonyl (C=O) groups excluding carboxylic acids is 3. The molecule has 0 bridgehead atoms. The van der Waals surface area contributed by atoms with Gasteiger partial charge in [-0.25, -0.2) is 4.79 Å². The average Bonchev–Trinajstić information content (AvgIpc) is 2.71. The van der Waals surface area contributed by atoms with Gasteiger partial charge >= 0.3 is 6.09 Å². The van der Waals surface area contributed by atoms with Gasteiger partial charge in [0.05, 0.1) is 0 Å². The highest BCUT2D eigenvalue weighted by Gasteiger charge is 2.44. The van der Waals surface area contributed by atoms with Gasteiger partial charge in [0.1, 0.15) is 23.4 Å². The standard InChI is InChI=1S/C28H47N3O5/c1-12-18(3)21(29-25(35)36-27(7,8)9)24(34)31(28(10,11)13-2)22(23(33)30-26(4,5)6)19-15-14-16-20(32)17-19/h14-18,21-22,32H,12-13H2,1-11H3,(H,29,35)(H,30,33). The van der Waals surface area contributed by atoms with E-state index in [1.54, 1.807) is 37.8 Å². The van der Waals surface area contributed by atoms with Crippen LogP contribution in [0.25, 0.3) is 0 Å². The van der Waals surface area contributed by atoms with Gasteiger partial charge in [-0.2, -0.15) is 0 Å². The fourth-order valence-electron chi connectivity index (χ4n) is 3.76. The minimum absolute atomic E-state index is 0.00637. The van der Waals surface area contributed by atoms with E-state index in [9.17, 15) is 19.5 Å². The summed E-state index contributed by atoms with van der Waals surface area (Å²) in [7, 11) is 0. The van der Waals surface area contributed by atoms with Crippen LogP contribution in [0.15, 0.2) is 24.3 Å². The molecular weight excluding hydrogens is 458 g/mol. The van der Waals surface area contributed by atoms with Crippen molar-refractivity contribution in [3.63, 3.8) is 0 Å². The van der Waals surface area contributed by atoms with Crippen LogP contribution < -0.4 is 10.6 Å². The molecule has 204 valence electrons. The number of nitrogens with one attached hydrogen (secondary N) is 2. The molecular formula is C28H47N3O5. The van der Waals surface area contributed by atoms with Gasteiger partial charge in [0, 0.05) is 11.1 Å². The Morgan fingerprint density at radius 3 is 2.06 bits per heavy atom. The van der Waals surface area contributed by atoms with Crippen LogP contribution in [0.5, 0.6) is 5.75 Å². The molecule has 36 heavy (non-hydrogen) atoms. The first-order valence-corrected chi connectivity index (χ1v) is 12.8. The third-order valence-electron chi connectivity index (χ3n) is 6.10. The van der Waals surface area contributed by atoms with Crippen LogP contribution in [0.2, 0.25) is 0 Å². The zero-order valence-corrected chi connectivity index (χ0v) is 24.0. The van der Waals surface area contributed by atoms with Crippen LogP contribution >= 0.6 is 0 Å². The van der Waals surface area contributed by atoms with E-state index >= 15 is 0 Å². The van der Waals surface area contributed by atoms with Gasteiger partial charge < -0.3 is 25.4 Å². The second-order valence-corrected chi connectivity index (χ2v) is 12.1. The lowest BCUT2D eigenvalue weighted by Gasteiger charge is -2.45. The molecule has 0 heterocycles. The summed E-state index contributed by atoms with van der Waals surface area (Å²) in [5, 5.41) is 16.0. The van der Waals surface area contributed by atoms with Gasteiger partial charge in [-0.1, -0.05) is 39.3 Å². The van der Waals surface area contributed by atoms with E-state index in [-0.39, 0.29) is 23.5 Å². The van der Waals surface area contributed by atoms with E-state index in [1.807, 2.05) is 55.4 Å². The molecule has 8 heteroatoms. The molecule has 0 aliphatic carbocycles. The molecule has 0 aliphatic rings. The predicted octanol–water partition coefficient (Wildman–Crippen LogP) is 5.30. The normalized spacial score (nSPS) is 14.9. The third kappa shape index (κ3) is 9.03. The quantitative estimate of drug-likeness (QED) is 0.422. The summed E-state index contributed by atoms with van der Waals surface area (Å²) in [5.41, 5.74) is -1.57. The fourth-order valence-corrected chi connectivity index (χ4v) is 3.76. The van der Waals surface area contributed by atoms with E-state index in [1.165, 1.54) is 12.1 Å². The summed E-state index contributed by atoms with van der Waals surface area (Å²) in [6.45, 7) is 20.4. The topological polar surface area (TPSA) is 108 Å². The van der Waals surface area contributed by atoms with E-state index < -0.39 is 34.9 Å². The zero-order valence-electron chi connectivity index (χ0n) is 24.0. The second kappa shape index (κ2) is 12.0. The van der Waals surface area contributed by atoms with Crippen molar-refractivity contribution in [3.05, 3.63) is 29.8 Å². The predicted molar refractivity (Wildman–Crippen MR) is 143 cm³/mol. The van der Waals surface area contributed by atoms with Crippen molar-refractivity contribution in [1.82, 2.24) is 15.5 Å². The third-order valence-corrected chi connectivity index (χ3v) is 6.10. The van der Waals surface area contributed by atoms with Crippen molar-refractivity contribution in [2.45, 2.75) is 118 Å². The molecule has 0 saturated heterocycles. The molecule has 0 fully saturated rings. The maximum Gasteiger partial charge on any atom is 0.408 e. The highest BCUT2D eigenvalue weighted by molar-refractivity contribution is 5.93. The van der Waals surface area contributed by atoms with Gasteiger partial charge in [0.25, 0.3) is 0 Å². The van der Waals surface area contributed by atoms with Gasteiger partial charge in [-0.15, -0.1) is 0 Å². The molecule has 8 nitrogen and oxygen atoms in total. The monoisotopic (exact) mass is 505 g/mol. The number of hydrogen-bond donors (Lipinski definition) is 3. The van der Waals surface area contributed by atoms with Crippen molar-refractivity contribution in [2.75, 3.05) is 0 Å². The van der Waals surface area contributed by atoms with E-state index in [0.717, 1.165) is 0 Å². The summed E-state index contributed by atoms with van der Waals surface area (Å²) in [6, 6.07) is 4.43. The Morgan fingerprint density at radius 1 is 1.03 bits per heavy atom. The Hall–Kier alpha value is -2.77. The molecule has 0 spiro atoms. The molecule has 0 radical (unpaired) electrons. The lowest BCUT2D eigenvalue weighted by Crippen LogP contribution is -2.61. The van der Waals surface area contributed by atoms with Crippen molar-refractivity contribution < 1.29 is 24.2 Å². The lowest BCUT2D eigenvalue weighted by atomic mass is 9.89. The molecule has 0 saturated carbocycles. The minimum atomic E-state index is -1.04. The molecule has 3 amide bonds. The maximum absolute atomic E-state index is 14.3. The van der Waals surface area contributed by atoms with Crippen molar-refractivity contribution >= 4 is 17.9 Å². The number of hydrogen-bond acceptors (Lipinski definition) is 5. The first-order chi connectivity index (χ1) is 16.3.